The molecular formula is C13H9F4NO. The van der Waals surface area contributed by atoms with Gasteiger partial charge in [-0.15, -0.1) is 0 Å². The molecule has 0 amide bonds. The second kappa shape index (κ2) is 4.79. The van der Waals surface area contributed by atoms with Crippen molar-refractivity contribution in [2.45, 2.75) is 6.18 Å². The summed E-state index contributed by atoms with van der Waals surface area (Å²) >= 11 is 0. The number of rotatable bonds is 2. The fourth-order valence-corrected chi connectivity index (χ4v) is 1.51. The molecule has 0 spiro atoms. The summed E-state index contributed by atoms with van der Waals surface area (Å²) in [5.74, 6) is -1.33. The molecule has 2 aromatic carbocycles. The van der Waals surface area contributed by atoms with Gasteiger partial charge < -0.3 is 10.5 Å². The van der Waals surface area contributed by atoms with Gasteiger partial charge in [0.05, 0.1) is 5.56 Å². The zero-order chi connectivity index (χ0) is 14.0. The number of nitrogens with two attached hydrogens (primary N) is 1. The summed E-state index contributed by atoms with van der Waals surface area (Å²) < 4.78 is 56.5. The number of para-hydroxylation sites is 2. The molecule has 0 saturated heterocycles. The lowest BCUT2D eigenvalue weighted by Crippen LogP contribution is -2.07. The predicted molar refractivity (Wildman–Crippen MR) is 62.3 cm³/mol. The van der Waals surface area contributed by atoms with Crippen LogP contribution in [-0.2, 0) is 6.18 Å². The highest BCUT2D eigenvalue weighted by Gasteiger charge is 2.34. The molecule has 0 unspecified atom stereocenters. The Hall–Kier alpha value is -2.24. The molecule has 2 N–H and O–H groups in total. The Bertz CT molecular complexity index is 595. The number of hydrogen-bond acceptors (Lipinski definition) is 2. The molecule has 0 aliphatic rings. The number of ether oxygens (including phenoxy) is 1. The first-order valence-corrected chi connectivity index (χ1v) is 5.27. The molecular weight excluding hydrogens is 262 g/mol. The fourth-order valence-electron chi connectivity index (χ4n) is 1.51. The van der Waals surface area contributed by atoms with Crippen LogP contribution in [0, 0.1) is 5.82 Å². The summed E-state index contributed by atoms with van der Waals surface area (Å²) in [4.78, 5) is 0. The van der Waals surface area contributed by atoms with Crippen LogP contribution in [0.15, 0.2) is 42.5 Å². The Kier molecular flexibility index (Phi) is 3.33. The molecule has 0 atom stereocenters. The first-order chi connectivity index (χ1) is 8.89. The zero-order valence-electron chi connectivity index (χ0n) is 9.54. The molecule has 100 valence electrons. The predicted octanol–water partition coefficient (Wildman–Crippen LogP) is 4.22. The first-order valence-electron chi connectivity index (χ1n) is 5.27. The molecule has 0 heterocycles. The lowest BCUT2D eigenvalue weighted by molar-refractivity contribution is -0.138. The molecule has 0 saturated carbocycles. The highest BCUT2D eigenvalue weighted by Crippen LogP contribution is 2.39. The Labute approximate surface area is 106 Å². The van der Waals surface area contributed by atoms with E-state index in [0.717, 1.165) is 18.2 Å². The van der Waals surface area contributed by atoms with E-state index in [2.05, 4.69) is 0 Å². The third kappa shape index (κ3) is 2.78. The standard InChI is InChI=1S/C13H9F4NO/c14-9-5-3-7-11(12(9)18)19-10-6-2-1-4-8(10)13(15,16)17/h1-7H,18H2. The molecule has 2 rings (SSSR count). The minimum Gasteiger partial charge on any atom is -0.454 e. The summed E-state index contributed by atoms with van der Waals surface area (Å²) in [7, 11) is 0. The average molecular weight is 271 g/mol. The Balaban J connectivity index is 2.42. The zero-order valence-corrected chi connectivity index (χ0v) is 9.54. The van der Waals surface area contributed by atoms with Gasteiger partial charge in [0.2, 0.25) is 0 Å². The third-order valence-electron chi connectivity index (χ3n) is 2.43. The van der Waals surface area contributed by atoms with Gasteiger partial charge in [0.25, 0.3) is 0 Å². The van der Waals surface area contributed by atoms with Gasteiger partial charge in [-0.2, -0.15) is 13.2 Å². The van der Waals surface area contributed by atoms with Crippen LogP contribution < -0.4 is 10.5 Å². The average Bonchev–Trinajstić information content (AvgIpc) is 2.34. The van der Waals surface area contributed by atoms with Crippen LogP contribution in [0.5, 0.6) is 11.5 Å². The highest BCUT2D eigenvalue weighted by molar-refractivity contribution is 5.55. The number of benzene rings is 2. The number of alkyl halides is 3. The smallest absolute Gasteiger partial charge is 0.419 e. The molecule has 0 aliphatic heterocycles. The van der Waals surface area contributed by atoms with E-state index in [0.29, 0.717) is 0 Å². The summed E-state index contributed by atoms with van der Waals surface area (Å²) in [6.07, 6.45) is -4.56. The summed E-state index contributed by atoms with van der Waals surface area (Å²) in [5.41, 5.74) is 4.13. The lowest BCUT2D eigenvalue weighted by Gasteiger charge is -2.14. The molecule has 0 aromatic heterocycles. The summed E-state index contributed by atoms with van der Waals surface area (Å²) in [5, 5.41) is 0. The number of anilines is 1. The largest absolute Gasteiger partial charge is 0.454 e. The Morgan fingerprint density at radius 3 is 2.21 bits per heavy atom. The maximum atomic E-state index is 13.2. The fraction of sp³-hybridized carbons (Fsp3) is 0.0769. The minimum atomic E-state index is -4.56. The van der Waals surface area contributed by atoms with Crippen LogP contribution in [-0.4, -0.2) is 0 Å². The van der Waals surface area contributed by atoms with Crippen molar-refractivity contribution in [2.75, 3.05) is 5.73 Å². The number of hydrogen-bond donors (Lipinski definition) is 1. The monoisotopic (exact) mass is 271 g/mol. The quantitative estimate of drug-likeness (QED) is 0.655. The van der Waals surface area contributed by atoms with E-state index >= 15 is 0 Å². The van der Waals surface area contributed by atoms with Gasteiger partial charge in [-0.05, 0) is 24.3 Å². The van der Waals surface area contributed by atoms with E-state index in [4.69, 9.17) is 10.5 Å². The van der Waals surface area contributed by atoms with Crippen molar-refractivity contribution >= 4 is 5.69 Å². The second-order valence-electron chi connectivity index (χ2n) is 3.75. The van der Waals surface area contributed by atoms with Crippen molar-refractivity contribution in [3.05, 3.63) is 53.8 Å². The van der Waals surface area contributed by atoms with Crippen molar-refractivity contribution < 1.29 is 22.3 Å². The third-order valence-corrected chi connectivity index (χ3v) is 2.43. The Morgan fingerprint density at radius 1 is 0.895 bits per heavy atom. The lowest BCUT2D eigenvalue weighted by atomic mass is 10.2. The molecule has 0 aliphatic carbocycles. The number of nitrogen functional groups attached to an aromatic ring is 1. The van der Waals surface area contributed by atoms with Crippen LogP contribution in [0.2, 0.25) is 0 Å². The van der Waals surface area contributed by atoms with E-state index in [1.165, 1.54) is 24.3 Å². The van der Waals surface area contributed by atoms with E-state index in [1.54, 1.807) is 0 Å². The van der Waals surface area contributed by atoms with Crippen LogP contribution >= 0.6 is 0 Å². The topological polar surface area (TPSA) is 35.2 Å². The van der Waals surface area contributed by atoms with Gasteiger partial charge in [-0.3, -0.25) is 0 Å². The van der Waals surface area contributed by atoms with E-state index in [9.17, 15) is 17.6 Å². The molecule has 6 heteroatoms. The molecule has 0 bridgehead atoms. The van der Waals surface area contributed by atoms with Gasteiger partial charge in [-0.25, -0.2) is 4.39 Å². The summed E-state index contributed by atoms with van der Waals surface area (Å²) in [6, 6.07) is 8.35. The second-order valence-corrected chi connectivity index (χ2v) is 3.75. The first kappa shape index (κ1) is 13.2. The highest BCUT2D eigenvalue weighted by atomic mass is 19.4. The van der Waals surface area contributed by atoms with Gasteiger partial charge in [0.15, 0.2) is 5.75 Å². The van der Waals surface area contributed by atoms with Crippen molar-refractivity contribution in [3.8, 4) is 11.5 Å². The van der Waals surface area contributed by atoms with E-state index in [-0.39, 0.29) is 11.4 Å². The maximum Gasteiger partial charge on any atom is 0.419 e. The van der Waals surface area contributed by atoms with Gasteiger partial charge in [-0.1, -0.05) is 18.2 Å². The summed E-state index contributed by atoms with van der Waals surface area (Å²) in [6.45, 7) is 0. The van der Waals surface area contributed by atoms with Crippen LogP contribution in [0.25, 0.3) is 0 Å². The molecule has 19 heavy (non-hydrogen) atoms. The van der Waals surface area contributed by atoms with E-state index in [1.807, 2.05) is 0 Å². The minimum absolute atomic E-state index is 0.156. The van der Waals surface area contributed by atoms with Crippen molar-refractivity contribution in [1.82, 2.24) is 0 Å². The SMILES string of the molecule is Nc1c(F)cccc1Oc1ccccc1C(F)(F)F. The van der Waals surface area contributed by atoms with Crippen molar-refractivity contribution in [3.63, 3.8) is 0 Å². The van der Waals surface area contributed by atoms with Crippen molar-refractivity contribution in [2.24, 2.45) is 0 Å². The molecule has 0 fully saturated rings. The Morgan fingerprint density at radius 2 is 1.53 bits per heavy atom. The molecule has 0 radical (unpaired) electrons. The normalized spacial score (nSPS) is 11.4. The molecule has 2 aromatic rings. The maximum absolute atomic E-state index is 13.2. The molecule has 2 nitrogen and oxygen atoms in total. The van der Waals surface area contributed by atoms with Gasteiger partial charge >= 0.3 is 6.18 Å². The van der Waals surface area contributed by atoms with Crippen LogP contribution in [0.1, 0.15) is 5.56 Å². The van der Waals surface area contributed by atoms with Crippen molar-refractivity contribution in [1.29, 1.82) is 0 Å². The van der Waals surface area contributed by atoms with Gasteiger partial charge in [0.1, 0.15) is 17.3 Å². The van der Waals surface area contributed by atoms with Crippen LogP contribution in [0.4, 0.5) is 23.2 Å². The number of halogens is 4. The van der Waals surface area contributed by atoms with Gasteiger partial charge in [0, 0.05) is 0 Å². The van der Waals surface area contributed by atoms with E-state index < -0.39 is 23.3 Å². The van der Waals surface area contributed by atoms with Crippen LogP contribution in [0.3, 0.4) is 0 Å².